The van der Waals surface area contributed by atoms with Crippen LogP contribution in [0.4, 0.5) is 8.78 Å². The molecule has 4 aromatic rings. The van der Waals surface area contributed by atoms with E-state index in [0.717, 1.165) is 12.8 Å². The molecule has 1 aliphatic rings. The molecular weight excluding hydrogens is 422 g/mol. The van der Waals surface area contributed by atoms with E-state index in [1.165, 1.54) is 28.8 Å². The Morgan fingerprint density at radius 3 is 2.42 bits per heavy atom. The van der Waals surface area contributed by atoms with E-state index in [2.05, 4.69) is 5.32 Å². The molecule has 4 nitrogen and oxygen atoms in total. The molecule has 1 amide bonds. The van der Waals surface area contributed by atoms with Crippen LogP contribution in [0.25, 0.3) is 16.5 Å². The summed E-state index contributed by atoms with van der Waals surface area (Å²) < 4.78 is 30.1. The summed E-state index contributed by atoms with van der Waals surface area (Å²) in [5.74, 6) is -1.26. The molecule has 0 radical (unpaired) electrons. The van der Waals surface area contributed by atoms with Gasteiger partial charge in [-0.25, -0.2) is 8.78 Å². The van der Waals surface area contributed by atoms with Crippen LogP contribution in [-0.2, 0) is 0 Å². The lowest BCUT2D eigenvalue weighted by molar-refractivity contribution is 0.0932. The monoisotopic (exact) mass is 444 g/mol. The van der Waals surface area contributed by atoms with Crippen molar-refractivity contribution in [2.45, 2.75) is 25.8 Å². The molecule has 1 atom stereocenters. The molecular formula is C27H22F2N2O2. The maximum atomic E-state index is 14.8. The highest BCUT2D eigenvalue weighted by molar-refractivity contribution is 6.08. The minimum atomic E-state index is -0.680. The van der Waals surface area contributed by atoms with Crippen LogP contribution >= 0.6 is 0 Å². The van der Waals surface area contributed by atoms with Crippen molar-refractivity contribution < 1.29 is 13.6 Å². The highest BCUT2D eigenvalue weighted by atomic mass is 19.1. The normalized spacial score (nSPS) is 14.3. The van der Waals surface area contributed by atoms with Crippen molar-refractivity contribution in [1.82, 2.24) is 9.88 Å². The summed E-state index contributed by atoms with van der Waals surface area (Å²) in [7, 11) is 0. The van der Waals surface area contributed by atoms with Crippen molar-refractivity contribution in [3.63, 3.8) is 0 Å². The van der Waals surface area contributed by atoms with Gasteiger partial charge in [0.2, 0.25) is 0 Å². The van der Waals surface area contributed by atoms with Crippen molar-refractivity contribution >= 4 is 16.7 Å². The summed E-state index contributed by atoms with van der Waals surface area (Å²) in [6.45, 7) is 1.68. The Balaban J connectivity index is 1.68. The maximum absolute atomic E-state index is 14.8. The lowest BCUT2D eigenvalue weighted by atomic mass is 9.99. The second kappa shape index (κ2) is 8.28. The van der Waals surface area contributed by atoms with Crippen LogP contribution < -0.4 is 10.9 Å². The van der Waals surface area contributed by atoms with Gasteiger partial charge in [-0.1, -0.05) is 42.5 Å². The van der Waals surface area contributed by atoms with Crippen LogP contribution in [0.1, 0.15) is 40.5 Å². The maximum Gasteiger partial charge on any atom is 0.266 e. The largest absolute Gasteiger partial charge is 0.345 e. The smallest absolute Gasteiger partial charge is 0.266 e. The predicted molar refractivity (Wildman–Crippen MR) is 124 cm³/mol. The van der Waals surface area contributed by atoms with Gasteiger partial charge in [-0.05, 0) is 61.6 Å². The molecule has 1 fully saturated rings. The number of benzene rings is 3. The quantitative estimate of drug-likeness (QED) is 0.445. The molecule has 1 N–H and O–H groups in total. The first-order valence-electron chi connectivity index (χ1n) is 10.9. The SMILES string of the molecule is Cc1c(C(=O)NC(c2cccc(F)c2)C2CC2)c2cccc(F)c2c(=O)n1-c1ccccc1. The second-order valence-electron chi connectivity index (χ2n) is 8.44. The van der Waals surface area contributed by atoms with Gasteiger partial charge in [0.15, 0.2) is 0 Å². The molecule has 0 saturated heterocycles. The van der Waals surface area contributed by atoms with Gasteiger partial charge in [-0.3, -0.25) is 14.2 Å². The van der Waals surface area contributed by atoms with E-state index >= 15 is 0 Å². The Morgan fingerprint density at radius 2 is 1.73 bits per heavy atom. The van der Waals surface area contributed by atoms with Crippen LogP contribution in [-0.4, -0.2) is 10.5 Å². The number of hydrogen-bond acceptors (Lipinski definition) is 2. The molecule has 0 spiro atoms. The van der Waals surface area contributed by atoms with Crippen molar-refractivity contribution in [3.8, 4) is 5.69 Å². The molecule has 3 aromatic carbocycles. The number of hydrogen-bond donors (Lipinski definition) is 1. The summed E-state index contributed by atoms with van der Waals surface area (Å²) in [4.78, 5) is 26.9. The van der Waals surface area contributed by atoms with Crippen LogP contribution in [0, 0.1) is 24.5 Å². The standard InChI is InChI=1S/C27H22F2N2O2/c1-16-23(26(32)30-25(17-13-14-17)18-7-5-8-19(28)15-18)21-11-6-12-22(29)24(21)27(33)31(16)20-9-3-2-4-10-20/h2-12,15,17,25H,13-14H2,1H3,(H,30,32). The molecule has 6 heteroatoms. The third-order valence-corrected chi connectivity index (χ3v) is 6.23. The molecule has 166 valence electrons. The van der Waals surface area contributed by atoms with E-state index in [4.69, 9.17) is 0 Å². The highest BCUT2D eigenvalue weighted by Crippen LogP contribution is 2.41. The molecule has 1 aromatic heterocycles. The van der Waals surface area contributed by atoms with E-state index in [1.54, 1.807) is 49.4 Å². The third-order valence-electron chi connectivity index (χ3n) is 6.23. The van der Waals surface area contributed by atoms with Crippen LogP contribution in [0.5, 0.6) is 0 Å². The number of fused-ring (bicyclic) bond motifs is 1. The third kappa shape index (κ3) is 3.82. The Morgan fingerprint density at radius 1 is 1.00 bits per heavy atom. The van der Waals surface area contributed by atoms with Gasteiger partial charge in [0.1, 0.15) is 11.6 Å². The minimum Gasteiger partial charge on any atom is -0.345 e. The second-order valence-corrected chi connectivity index (χ2v) is 8.44. The molecule has 1 heterocycles. The predicted octanol–water partition coefficient (Wildman–Crippen LogP) is 5.46. The number of carbonyl (C=O) groups is 1. The fraction of sp³-hybridized carbons (Fsp3) is 0.185. The Bertz CT molecular complexity index is 1430. The zero-order valence-corrected chi connectivity index (χ0v) is 18.0. The molecule has 5 rings (SSSR count). The van der Waals surface area contributed by atoms with E-state index in [-0.39, 0.29) is 34.1 Å². The first-order valence-corrected chi connectivity index (χ1v) is 10.9. The summed E-state index contributed by atoms with van der Waals surface area (Å²) in [6, 6.07) is 19.0. The average molecular weight is 444 g/mol. The van der Waals surface area contributed by atoms with E-state index in [1.807, 2.05) is 6.07 Å². The fourth-order valence-electron chi connectivity index (χ4n) is 4.51. The number of para-hydroxylation sites is 1. The summed E-state index contributed by atoms with van der Waals surface area (Å²) in [5.41, 5.74) is 1.36. The lowest BCUT2D eigenvalue weighted by Gasteiger charge is -2.22. The Hall–Kier alpha value is -3.80. The number of pyridine rings is 1. The van der Waals surface area contributed by atoms with Gasteiger partial charge >= 0.3 is 0 Å². The number of aromatic nitrogens is 1. The number of nitrogens with one attached hydrogen (secondary N) is 1. The van der Waals surface area contributed by atoms with Crippen molar-refractivity contribution in [1.29, 1.82) is 0 Å². The molecule has 1 saturated carbocycles. The van der Waals surface area contributed by atoms with Gasteiger partial charge in [0.05, 0.1) is 17.0 Å². The molecule has 0 aliphatic heterocycles. The molecule has 33 heavy (non-hydrogen) atoms. The molecule has 1 aliphatic carbocycles. The summed E-state index contributed by atoms with van der Waals surface area (Å²) in [5, 5.41) is 3.17. The number of halogens is 2. The van der Waals surface area contributed by atoms with Crippen molar-refractivity contribution in [2.24, 2.45) is 5.92 Å². The van der Waals surface area contributed by atoms with Crippen LogP contribution in [0.2, 0.25) is 0 Å². The van der Waals surface area contributed by atoms with E-state index in [0.29, 0.717) is 16.9 Å². The van der Waals surface area contributed by atoms with Gasteiger partial charge in [-0.15, -0.1) is 0 Å². The van der Waals surface area contributed by atoms with Gasteiger partial charge in [0.25, 0.3) is 11.5 Å². The molecule has 0 bridgehead atoms. The minimum absolute atomic E-state index is 0.133. The zero-order chi connectivity index (χ0) is 23.1. The number of rotatable bonds is 5. The van der Waals surface area contributed by atoms with Crippen LogP contribution in [0.15, 0.2) is 77.6 Å². The first-order chi connectivity index (χ1) is 16.0. The number of carbonyl (C=O) groups excluding carboxylic acids is 1. The van der Waals surface area contributed by atoms with Crippen molar-refractivity contribution in [3.05, 3.63) is 112 Å². The average Bonchev–Trinajstić information content (AvgIpc) is 3.63. The van der Waals surface area contributed by atoms with Gasteiger partial charge in [-0.2, -0.15) is 0 Å². The topological polar surface area (TPSA) is 51.1 Å². The first kappa shape index (κ1) is 21.1. The Labute approximate surface area is 189 Å². The lowest BCUT2D eigenvalue weighted by Crippen LogP contribution is -2.33. The molecule has 1 unspecified atom stereocenters. The Kier molecular flexibility index (Phi) is 5.29. The number of nitrogens with zero attached hydrogens (tertiary/aromatic N) is 1. The number of amides is 1. The summed E-state index contributed by atoms with van der Waals surface area (Å²) in [6.07, 6.45) is 1.86. The highest BCUT2D eigenvalue weighted by Gasteiger charge is 2.34. The van der Waals surface area contributed by atoms with Gasteiger partial charge in [0, 0.05) is 16.8 Å². The van der Waals surface area contributed by atoms with E-state index in [9.17, 15) is 18.4 Å². The van der Waals surface area contributed by atoms with Crippen molar-refractivity contribution in [2.75, 3.05) is 0 Å². The van der Waals surface area contributed by atoms with Crippen LogP contribution in [0.3, 0.4) is 0 Å². The fourth-order valence-corrected chi connectivity index (χ4v) is 4.51. The van der Waals surface area contributed by atoms with Gasteiger partial charge < -0.3 is 5.32 Å². The zero-order valence-electron chi connectivity index (χ0n) is 18.0. The summed E-state index contributed by atoms with van der Waals surface area (Å²) >= 11 is 0. The van der Waals surface area contributed by atoms with E-state index < -0.39 is 17.3 Å².